The zero-order valence-corrected chi connectivity index (χ0v) is 11.9. The molecule has 0 aliphatic carbocycles. The van der Waals surface area contributed by atoms with E-state index in [4.69, 9.17) is 0 Å². The van der Waals surface area contributed by atoms with E-state index >= 15 is 0 Å². The number of benzene rings is 1. The van der Waals surface area contributed by atoms with Crippen molar-refractivity contribution in [3.8, 4) is 0 Å². The van der Waals surface area contributed by atoms with Crippen LogP contribution in [0, 0.1) is 6.92 Å². The maximum Gasteiger partial charge on any atom is 0.150 e. The predicted octanol–water partition coefficient (Wildman–Crippen LogP) is 2.81. The molecule has 0 bridgehead atoms. The van der Waals surface area contributed by atoms with Gasteiger partial charge in [0.15, 0.2) is 0 Å². The molecule has 1 aromatic carbocycles. The molecule has 1 heterocycles. The summed E-state index contributed by atoms with van der Waals surface area (Å²) in [7, 11) is 0. The summed E-state index contributed by atoms with van der Waals surface area (Å²) in [6, 6.07) is 7.62. The molecule has 4 heteroatoms. The number of hydrogen-bond acceptors (Lipinski definition) is 4. The molecule has 0 aliphatic heterocycles. The van der Waals surface area contributed by atoms with E-state index in [1.54, 1.807) is 0 Å². The Kier molecular flexibility index (Phi) is 4.82. The van der Waals surface area contributed by atoms with Crippen molar-refractivity contribution in [1.29, 1.82) is 0 Å². The Morgan fingerprint density at radius 2 is 1.95 bits per heavy atom. The van der Waals surface area contributed by atoms with Crippen molar-refractivity contribution in [2.45, 2.75) is 26.7 Å². The van der Waals surface area contributed by atoms with Gasteiger partial charge in [-0.2, -0.15) is 0 Å². The van der Waals surface area contributed by atoms with Crippen LogP contribution < -0.4 is 5.32 Å². The van der Waals surface area contributed by atoms with Crippen LogP contribution in [0.2, 0.25) is 0 Å². The Balaban J connectivity index is 2.02. The first-order valence-corrected chi connectivity index (χ1v) is 6.83. The number of nitrogens with zero attached hydrogens (tertiary/aromatic N) is 2. The average Bonchev–Trinajstić information content (AvgIpc) is 2.49. The van der Waals surface area contributed by atoms with Gasteiger partial charge >= 0.3 is 0 Å². The third-order valence-electron chi connectivity index (χ3n) is 3.12. The Morgan fingerprint density at radius 3 is 2.60 bits per heavy atom. The lowest BCUT2D eigenvalue weighted by Crippen LogP contribution is -2.06. The molecule has 0 radical (unpaired) electrons. The van der Waals surface area contributed by atoms with E-state index in [0.29, 0.717) is 5.56 Å². The number of anilines is 1. The molecule has 20 heavy (non-hydrogen) atoms. The summed E-state index contributed by atoms with van der Waals surface area (Å²) in [6.45, 7) is 4.90. The van der Waals surface area contributed by atoms with Gasteiger partial charge in [0.1, 0.15) is 17.9 Å². The van der Waals surface area contributed by atoms with E-state index in [2.05, 4.69) is 22.2 Å². The van der Waals surface area contributed by atoms with Gasteiger partial charge in [0.25, 0.3) is 0 Å². The molecule has 0 atom stereocenters. The van der Waals surface area contributed by atoms with Gasteiger partial charge < -0.3 is 5.32 Å². The van der Waals surface area contributed by atoms with Crippen LogP contribution in [0.4, 0.5) is 5.82 Å². The van der Waals surface area contributed by atoms with Gasteiger partial charge in [0.2, 0.25) is 0 Å². The maximum atomic E-state index is 10.6. The lowest BCUT2D eigenvalue weighted by Gasteiger charge is -2.08. The number of aromatic nitrogens is 2. The number of carbonyl (C=O) groups is 1. The molecule has 4 nitrogen and oxygen atoms in total. The quantitative estimate of drug-likeness (QED) is 0.819. The lowest BCUT2D eigenvalue weighted by molar-refractivity contribution is 0.112. The predicted molar refractivity (Wildman–Crippen MR) is 80.2 cm³/mol. The van der Waals surface area contributed by atoms with Gasteiger partial charge in [-0.1, -0.05) is 24.3 Å². The molecule has 104 valence electrons. The van der Waals surface area contributed by atoms with Gasteiger partial charge in [-0.15, -0.1) is 0 Å². The van der Waals surface area contributed by atoms with Crippen molar-refractivity contribution in [1.82, 2.24) is 9.97 Å². The van der Waals surface area contributed by atoms with Crippen LogP contribution in [0.25, 0.3) is 0 Å². The summed E-state index contributed by atoms with van der Waals surface area (Å²) < 4.78 is 0. The van der Waals surface area contributed by atoms with Crippen LogP contribution >= 0.6 is 0 Å². The molecule has 0 fully saturated rings. The van der Waals surface area contributed by atoms with Gasteiger partial charge in [0.05, 0.1) is 0 Å². The zero-order chi connectivity index (χ0) is 14.4. The van der Waals surface area contributed by atoms with Crippen LogP contribution in [-0.4, -0.2) is 22.8 Å². The van der Waals surface area contributed by atoms with Gasteiger partial charge in [0, 0.05) is 30.3 Å². The highest BCUT2D eigenvalue weighted by Crippen LogP contribution is 2.11. The maximum absolute atomic E-state index is 10.6. The summed E-state index contributed by atoms with van der Waals surface area (Å²) in [4.78, 5) is 19.5. The molecular weight excluding hydrogens is 250 g/mol. The molecule has 0 saturated carbocycles. The molecule has 1 N–H and O–H groups in total. The number of hydrogen-bond donors (Lipinski definition) is 1. The molecule has 0 unspecified atom stereocenters. The second kappa shape index (κ2) is 6.80. The van der Waals surface area contributed by atoms with E-state index in [1.165, 1.54) is 5.56 Å². The SMILES string of the molecule is CCNc1nc(CCc2ccc(C=O)cc2)ncc1C. The van der Waals surface area contributed by atoms with Gasteiger partial charge in [-0.25, -0.2) is 9.97 Å². The van der Waals surface area contributed by atoms with E-state index in [0.717, 1.165) is 42.9 Å². The highest BCUT2D eigenvalue weighted by atomic mass is 16.1. The number of carbonyl (C=O) groups excluding carboxylic acids is 1. The molecule has 0 spiro atoms. The first-order valence-electron chi connectivity index (χ1n) is 6.83. The summed E-state index contributed by atoms with van der Waals surface area (Å²) >= 11 is 0. The lowest BCUT2D eigenvalue weighted by atomic mass is 10.1. The average molecular weight is 269 g/mol. The molecular formula is C16H19N3O. The van der Waals surface area contributed by atoms with Crippen LogP contribution in [0.3, 0.4) is 0 Å². The van der Waals surface area contributed by atoms with Crippen molar-refractivity contribution in [2.24, 2.45) is 0 Å². The van der Waals surface area contributed by atoms with E-state index in [-0.39, 0.29) is 0 Å². The minimum absolute atomic E-state index is 0.703. The number of nitrogens with one attached hydrogen (secondary N) is 1. The van der Waals surface area contributed by atoms with Crippen molar-refractivity contribution in [2.75, 3.05) is 11.9 Å². The van der Waals surface area contributed by atoms with E-state index in [9.17, 15) is 4.79 Å². The van der Waals surface area contributed by atoms with Gasteiger partial charge in [-0.3, -0.25) is 4.79 Å². The van der Waals surface area contributed by atoms with E-state index in [1.807, 2.05) is 37.4 Å². The number of rotatable bonds is 6. The Bertz CT molecular complexity index is 579. The monoisotopic (exact) mass is 269 g/mol. The topological polar surface area (TPSA) is 54.9 Å². The second-order valence-electron chi connectivity index (χ2n) is 4.71. The zero-order valence-electron chi connectivity index (χ0n) is 11.9. The smallest absolute Gasteiger partial charge is 0.150 e. The molecule has 0 saturated heterocycles. The van der Waals surface area contributed by atoms with Crippen molar-refractivity contribution >= 4 is 12.1 Å². The molecule has 0 amide bonds. The third-order valence-corrected chi connectivity index (χ3v) is 3.12. The molecule has 2 rings (SSSR count). The normalized spacial score (nSPS) is 10.3. The van der Waals surface area contributed by atoms with Gasteiger partial charge in [-0.05, 0) is 25.8 Å². The summed E-state index contributed by atoms with van der Waals surface area (Å²) in [6.07, 6.45) is 4.37. The number of aryl methyl sites for hydroxylation is 3. The standard InChI is InChI=1S/C16H19N3O/c1-3-17-16-12(2)10-18-15(19-16)9-8-13-4-6-14(11-20)7-5-13/h4-7,10-11H,3,8-9H2,1-2H3,(H,17,18,19). The first kappa shape index (κ1) is 14.2. The highest BCUT2D eigenvalue weighted by molar-refractivity contribution is 5.74. The first-order chi connectivity index (χ1) is 9.72. The fourth-order valence-electron chi connectivity index (χ4n) is 1.96. The van der Waals surface area contributed by atoms with Crippen LogP contribution in [-0.2, 0) is 12.8 Å². The summed E-state index contributed by atoms with van der Waals surface area (Å²) in [5.74, 6) is 1.75. The van der Waals surface area contributed by atoms with E-state index < -0.39 is 0 Å². The molecule has 1 aromatic heterocycles. The van der Waals surface area contributed by atoms with Crippen molar-refractivity contribution < 1.29 is 4.79 Å². The Hall–Kier alpha value is -2.23. The number of aldehydes is 1. The second-order valence-corrected chi connectivity index (χ2v) is 4.71. The molecule has 2 aromatic rings. The minimum atomic E-state index is 0.703. The Morgan fingerprint density at radius 1 is 1.20 bits per heavy atom. The van der Waals surface area contributed by atoms with Crippen molar-refractivity contribution in [3.05, 3.63) is 53.0 Å². The molecule has 0 aliphatic rings. The van der Waals surface area contributed by atoms with Crippen LogP contribution in [0.15, 0.2) is 30.5 Å². The van der Waals surface area contributed by atoms with Crippen LogP contribution in [0.1, 0.15) is 34.2 Å². The van der Waals surface area contributed by atoms with Crippen molar-refractivity contribution in [3.63, 3.8) is 0 Å². The fraction of sp³-hybridized carbons (Fsp3) is 0.312. The third kappa shape index (κ3) is 3.63. The fourth-order valence-corrected chi connectivity index (χ4v) is 1.96. The van der Waals surface area contributed by atoms with Crippen LogP contribution in [0.5, 0.6) is 0 Å². The largest absolute Gasteiger partial charge is 0.370 e. The summed E-state index contributed by atoms with van der Waals surface area (Å²) in [5, 5.41) is 3.24. The summed E-state index contributed by atoms with van der Waals surface area (Å²) in [5.41, 5.74) is 2.95. The minimum Gasteiger partial charge on any atom is -0.370 e. The highest BCUT2D eigenvalue weighted by Gasteiger charge is 2.03. The Labute approximate surface area is 119 Å².